The zero-order valence-electron chi connectivity index (χ0n) is 20.9. The van der Waals surface area contributed by atoms with Gasteiger partial charge >= 0.3 is 0 Å². The summed E-state index contributed by atoms with van der Waals surface area (Å²) >= 11 is 0. The molecular weight excluding hydrogens is 476 g/mol. The molecule has 0 atom stereocenters. The number of nitrogens with zero attached hydrogens (tertiary/aromatic N) is 7. The molecule has 4 aromatic rings. The van der Waals surface area contributed by atoms with Crippen LogP contribution in [-0.4, -0.2) is 49.9 Å². The van der Waals surface area contributed by atoms with Crippen LogP contribution in [0.1, 0.15) is 36.7 Å². The van der Waals surface area contributed by atoms with Crippen LogP contribution in [-0.2, 0) is 19.9 Å². The lowest BCUT2D eigenvalue weighted by Gasteiger charge is -2.31. The molecule has 0 aliphatic carbocycles. The van der Waals surface area contributed by atoms with Crippen molar-refractivity contribution in [2.24, 2.45) is 13.0 Å². The lowest BCUT2D eigenvalue weighted by Crippen LogP contribution is -2.36. The van der Waals surface area contributed by atoms with Gasteiger partial charge in [-0.2, -0.15) is 0 Å². The highest BCUT2D eigenvalue weighted by Crippen LogP contribution is 2.31. The van der Waals surface area contributed by atoms with Crippen molar-refractivity contribution in [3.8, 4) is 16.9 Å². The van der Waals surface area contributed by atoms with Crippen LogP contribution in [0.15, 0.2) is 48.8 Å². The molecule has 192 valence electrons. The first-order valence-corrected chi connectivity index (χ1v) is 12.5. The van der Waals surface area contributed by atoms with Crippen molar-refractivity contribution in [1.82, 2.24) is 30.2 Å². The summed E-state index contributed by atoms with van der Waals surface area (Å²) in [5, 5.41) is 11.5. The Morgan fingerprint density at radius 1 is 0.973 bits per heavy atom. The highest BCUT2D eigenvalue weighted by molar-refractivity contribution is 5.65. The first-order chi connectivity index (χ1) is 18.0. The topological polar surface area (TPSA) is 81.9 Å². The number of anilines is 1. The fourth-order valence-electron chi connectivity index (χ4n) is 4.50. The average molecular weight is 506 g/mol. The molecule has 0 saturated carbocycles. The summed E-state index contributed by atoms with van der Waals surface area (Å²) in [6.07, 6.45) is 6.82. The Labute approximate surface area is 214 Å². The molecule has 2 aromatic carbocycles. The zero-order valence-corrected chi connectivity index (χ0v) is 20.9. The Balaban J connectivity index is 1.20. The molecule has 2 aromatic heterocycles. The Morgan fingerprint density at radius 2 is 1.70 bits per heavy atom. The SMILES string of the molecule is CCc1cnc(N2CCC(COc3c(F)cc(-c4cccc(Cc5nnnn5C)c4)cc3F)CC2)nc1. The molecule has 10 heteroatoms. The number of aromatic nitrogens is 6. The van der Waals surface area contributed by atoms with Gasteiger partial charge < -0.3 is 9.64 Å². The summed E-state index contributed by atoms with van der Waals surface area (Å²) < 4.78 is 37.1. The number of halogens is 2. The molecule has 37 heavy (non-hydrogen) atoms. The van der Waals surface area contributed by atoms with Gasteiger partial charge in [0.05, 0.1) is 6.61 Å². The summed E-state index contributed by atoms with van der Waals surface area (Å²) in [6, 6.07) is 10.1. The number of aryl methyl sites for hydroxylation is 2. The van der Waals surface area contributed by atoms with Crippen LogP contribution >= 0.6 is 0 Å². The van der Waals surface area contributed by atoms with Gasteiger partial charge in [-0.3, -0.25) is 0 Å². The van der Waals surface area contributed by atoms with Crippen molar-refractivity contribution >= 4 is 5.95 Å². The van der Waals surface area contributed by atoms with E-state index in [0.717, 1.165) is 49.4 Å². The van der Waals surface area contributed by atoms with Gasteiger partial charge in [0.2, 0.25) is 5.95 Å². The normalized spacial score (nSPS) is 14.2. The van der Waals surface area contributed by atoms with E-state index in [1.807, 2.05) is 36.7 Å². The van der Waals surface area contributed by atoms with Gasteiger partial charge in [0.1, 0.15) is 0 Å². The van der Waals surface area contributed by atoms with Gasteiger partial charge in [-0.1, -0.05) is 31.2 Å². The lowest BCUT2D eigenvalue weighted by atomic mass is 9.98. The predicted octanol–water partition coefficient (Wildman–Crippen LogP) is 4.39. The molecule has 1 fully saturated rings. The molecule has 0 amide bonds. The molecular formula is C27H29F2N7O. The van der Waals surface area contributed by atoms with Crippen molar-refractivity contribution < 1.29 is 13.5 Å². The number of benzene rings is 2. The molecule has 0 bridgehead atoms. The summed E-state index contributed by atoms with van der Waals surface area (Å²) in [6.45, 7) is 3.90. The van der Waals surface area contributed by atoms with E-state index >= 15 is 0 Å². The molecule has 1 aliphatic rings. The highest BCUT2D eigenvalue weighted by atomic mass is 19.1. The van der Waals surface area contributed by atoms with Crippen LogP contribution in [0.5, 0.6) is 5.75 Å². The molecule has 0 radical (unpaired) electrons. The molecule has 5 rings (SSSR count). The van der Waals surface area contributed by atoms with Crippen molar-refractivity contribution in [3.05, 3.63) is 77.4 Å². The minimum atomic E-state index is -0.709. The van der Waals surface area contributed by atoms with Crippen LogP contribution in [0.4, 0.5) is 14.7 Å². The Bertz CT molecular complexity index is 1330. The molecule has 8 nitrogen and oxygen atoms in total. The van der Waals surface area contributed by atoms with E-state index in [9.17, 15) is 8.78 Å². The molecule has 1 aliphatic heterocycles. The average Bonchev–Trinajstić information content (AvgIpc) is 3.32. The van der Waals surface area contributed by atoms with Crippen molar-refractivity contribution in [2.75, 3.05) is 24.6 Å². The van der Waals surface area contributed by atoms with Gasteiger partial charge in [0.25, 0.3) is 0 Å². The lowest BCUT2D eigenvalue weighted by molar-refractivity contribution is 0.207. The van der Waals surface area contributed by atoms with Crippen LogP contribution in [0.3, 0.4) is 0 Å². The maximum Gasteiger partial charge on any atom is 0.225 e. The second kappa shape index (κ2) is 11.0. The predicted molar refractivity (Wildman–Crippen MR) is 135 cm³/mol. The third-order valence-electron chi connectivity index (χ3n) is 6.79. The van der Waals surface area contributed by atoms with Gasteiger partial charge in [0.15, 0.2) is 23.2 Å². The monoisotopic (exact) mass is 505 g/mol. The third-order valence-corrected chi connectivity index (χ3v) is 6.79. The number of hydrogen-bond acceptors (Lipinski definition) is 7. The maximum absolute atomic E-state index is 14.9. The molecule has 3 heterocycles. The summed E-state index contributed by atoms with van der Waals surface area (Å²) in [7, 11) is 1.77. The Kier molecular flexibility index (Phi) is 7.34. The minimum Gasteiger partial charge on any atom is -0.487 e. The van der Waals surface area contributed by atoms with Crippen LogP contribution in [0.2, 0.25) is 0 Å². The van der Waals surface area contributed by atoms with Gasteiger partial charge in [-0.05, 0) is 70.0 Å². The highest BCUT2D eigenvalue weighted by Gasteiger charge is 2.23. The van der Waals surface area contributed by atoms with Crippen molar-refractivity contribution in [2.45, 2.75) is 32.6 Å². The smallest absolute Gasteiger partial charge is 0.225 e. The van der Waals surface area contributed by atoms with Crippen LogP contribution < -0.4 is 9.64 Å². The zero-order chi connectivity index (χ0) is 25.8. The van der Waals surface area contributed by atoms with Gasteiger partial charge in [-0.25, -0.2) is 23.4 Å². The number of rotatable bonds is 8. The summed E-state index contributed by atoms with van der Waals surface area (Å²) in [4.78, 5) is 11.0. The minimum absolute atomic E-state index is 0.205. The standard InChI is InChI=1S/C27H29F2N7O/c1-3-18-15-30-27(31-16-18)36-9-7-19(8-10-36)17-37-26-23(28)13-22(14-24(26)29)21-6-4-5-20(11-21)12-25-32-33-34-35(25)2/h4-6,11,13-16,19H,3,7-10,12,17H2,1-2H3. The number of ether oxygens (including phenoxy) is 1. The quantitative estimate of drug-likeness (QED) is 0.351. The Hall–Kier alpha value is -3.95. The first-order valence-electron chi connectivity index (χ1n) is 12.5. The molecule has 0 spiro atoms. The van der Waals surface area contributed by atoms with E-state index in [1.165, 1.54) is 12.1 Å². The number of piperidine rings is 1. The van der Waals surface area contributed by atoms with E-state index in [2.05, 4.69) is 37.3 Å². The van der Waals surface area contributed by atoms with Gasteiger partial charge in [0, 0.05) is 39.0 Å². The first kappa shape index (κ1) is 24.7. The van der Waals surface area contributed by atoms with E-state index < -0.39 is 11.6 Å². The molecule has 0 unspecified atom stereocenters. The van der Waals surface area contributed by atoms with E-state index in [1.54, 1.807) is 11.7 Å². The number of hydrogen-bond donors (Lipinski definition) is 0. The maximum atomic E-state index is 14.9. The van der Waals surface area contributed by atoms with Gasteiger partial charge in [-0.15, -0.1) is 5.10 Å². The van der Waals surface area contributed by atoms with E-state index in [0.29, 0.717) is 23.4 Å². The summed E-state index contributed by atoms with van der Waals surface area (Å²) in [5.74, 6) is -0.116. The molecule has 0 N–H and O–H groups in total. The third kappa shape index (κ3) is 5.73. The largest absolute Gasteiger partial charge is 0.487 e. The van der Waals surface area contributed by atoms with Crippen molar-refractivity contribution in [1.29, 1.82) is 0 Å². The second-order valence-corrected chi connectivity index (χ2v) is 9.35. The van der Waals surface area contributed by atoms with Crippen LogP contribution in [0, 0.1) is 17.6 Å². The number of tetrazole rings is 1. The van der Waals surface area contributed by atoms with E-state index in [-0.39, 0.29) is 18.3 Å². The fourth-order valence-corrected chi connectivity index (χ4v) is 4.50. The van der Waals surface area contributed by atoms with E-state index in [4.69, 9.17) is 4.74 Å². The van der Waals surface area contributed by atoms with Crippen molar-refractivity contribution in [3.63, 3.8) is 0 Å². The molecule has 1 saturated heterocycles. The fraction of sp³-hybridized carbons (Fsp3) is 0.370. The summed E-state index contributed by atoms with van der Waals surface area (Å²) in [5.41, 5.74) is 3.20. The Morgan fingerprint density at radius 3 is 2.35 bits per heavy atom. The van der Waals surface area contributed by atoms with Crippen LogP contribution in [0.25, 0.3) is 11.1 Å². The second-order valence-electron chi connectivity index (χ2n) is 9.35.